The zero-order valence-electron chi connectivity index (χ0n) is 20.3. The monoisotopic (exact) mass is 456 g/mol. The van der Waals surface area contributed by atoms with Gasteiger partial charge in [0.15, 0.2) is 6.10 Å². The summed E-state index contributed by atoms with van der Waals surface area (Å²) in [5.41, 5.74) is 6.33. The van der Waals surface area contributed by atoms with Crippen LogP contribution in [0, 0.1) is 13.8 Å². The number of anilines is 1. The molecule has 0 aromatic heterocycles. The number of fused-ring (bicyclic) bond motifs is 1. The molecule has 0 unspecified atom stereocenters. The van der Waals surface area contributed by atoms with Crippen LogP contribution in [-0.2, 0) is 16.0 Å². The molecule has 1 aliphatic heterocycles. The summed E-state index contributed by atoms with van der Waals surface area (Å²) in [5, 5.41) is 2.96. The smallest absolute Gasteiger partial charge is 0.265 e. The predicted molar refractivity (Wildman–Crippen MR) is 135 cm³/mol. The van der Waals surface area contributed by atoms with Crippen molar-refractivity contribution in [3.8, 4) is 5.75 Å². The summed E-state index contributed by atoms with van der Waals surface area (Å²) in [6.45, 7) is 8.29. The van der Waals surface area contributed by atoms with Crippen molar-refractivity contribution in [2.75, 3.05) is 11.9 Å². The zero-order valence-corrected chi connectivity index (χ0v) is 20.3. The maximum Gasteiger partial charge on any atom is 0.265 e. The van der Waals surface area contributed by atoms with Crippen LogP contribution in [0.15, 0.2) is 66.7 Å². The van der Waals surface area contributed by atoms with E-state index < -0.39 is 6.10 Å². The predicted octanol–water partition coefficient (Wildman–Crippen LogP) is 5.59. The summed E-state index contributed by atoms with van der Waals surface area (Å²) in [5.74, 6) is 0.506. The lowest BCUT2D eigenvalue weighted by molar-refractivity contribution is -0.130. The van der Waals surface area contributed by atoms with Crippen molar-refractivity contribution < 1.29 is 14.3 Å². The average molecular weight is 457 g/mol. The van der Waals surface area contributed by atoms with Crippen molar-refractivity contribution in [2.45, 2.75) is 52.7 Å². The van der Waals surface area contributed by atoms with Crippen molar-refractivity contribution in [3.63, 3.8) is 0 Å². The summed E-state index contributed by atoms with van der Waals surface area (Å²) in [6.07, 6.45) is 0.710. The molecule has 1 heterocycles. The fourth-order valence-corrected chi connectivity index (χ4v) is 4.64. The van der Waals surface area contributed by atoms with Gasteiger partial charge in [0.05, 0.1) is 6.04 Å². The standard InChI is InChI=1S/C29H32N2O3/c1-5-27(29(33)30-24-11-7-9-20(3)17-24)34-25-13-12-22-14-15-31(21(4)32)28(26(22)18-25)23-10-6-8-19(2)16-23/h6-13,16-18,27-28H,5,14-15H2,1-4H3,(H,30,33)/t27-,28+/m0/s1. The molecule has 5 heteroatoms. The van der Waals surface area contributed by atoms with Gasteiger partial charge in [0, 0.05) is 19.2 Å². The molecule has 2 atom stereocenters. The molecule has 176 valence electrons. The Morgan fingerprint density at radius 2 is 1.76 bits per heavy atom. The quantitative estimate of drug-likeness (QED) is 0.526. The number of hydrogen-bond donors (Lipinski definition) is 1. The number of nitrogens with zero attached hydrogens (tertiary/aromatic N) is 1. The first kappa shape index (κ1) is 23.6. The summed E-state index contributed by atoms with van der Waals surface area (Å²) < 4.78 is 6.18. The second-order valence-corrected chi connectivity index (χ2v) is 9.01. The van der Waals surface area contributed by atoms with Crippen LogP contribution in [0.5, 0.6) is 5.75 Å². The van der Waals surface area contributed by atoms with E-state index >= 15 is 0 Å². The summed E-state index contributed by atoms with van der Waals surface area (Å²) in [7, 11) is 0. The Kier molecular flexibility index (Phi) is 7.01. The van der Waals surface area contributed by atoms with Gasteiger partial charge in [-0.1, -0.05) is 55.0 Å². The SMILES string of the molecule is CC[C@H](Oc1ccc2c(c1)[C@@H](c1cccc(C)c1)N(C(C)=O)CC2)C(=O)Nc1cccc(C)c1. The van der Waals surface area contributed by atoms with Gasteiger partial charge in [-0.25, -0.2) is 0 Å². The highest BCUT2D eigenvalue weighted by atomic mass is 16.5. The Labute approximate surface area is 201 Å². The maximum atomic E-state index is 12.9. The minimum atomic E-state index is -0.622. The number of carbonyl (C=O) groups excluding carboxylic acids is 2. The highest BCUT2D eigenvalue weighted by Crippen LogP contribution is 2.37. The van der Waals surface area contributed by atoms with E-state index in [2.05, 4.69) is 36.5 Å². The molecule has 0 aliphatic carbocycles. The first-order valence-corrected chi connectivity index (χ1v) is 11.9. The molecule has 0 bridgehead atoms. The van der Waals surface area contributed by atoms with Crippen LogP contribution in [0.4, 0.5) is 5.69 Å². The van der Waals surface area contributed by atoms with Crippen molar-refractivity contribution >= 4 is 17.5 Å². The van der Waals surface area contributed by atoms with E-state index in [1.807, 2.05) is 61.2 Å². The molecule has 5 nitrogen and oxygen atoms in total. The second-order valence-electron chi connectivity index (χ2n) is 9.01. The zero-order chi connectivity index (χ0) is 24.2. The third-order valence-electron chi connectivity index (χ3n) is 6.34. The minimum absolute atomic E-state index is 0.0486. The molecule has 3 aromatic carbocycles. The third kappa shape index (κ3) is 5.14. The lowest BCUT2D eigenvalue weighted by atomic mass is 9.87. The molecule has 0 spiro atoms. The highest BCUT2D eigenvalue weighted by Gasteiger charge is 2.31. The largest absolute Gasteiger partial charge is 0.481 e. The molecule has 0 saturated carbocycles. The van der Waals surface area contributed by atoms with Crippen LogP contribution < -0.4 is 10.1 Å². The van der Waals surface area contributed by atoms with Crippen molar-refractivity contribution in [2.24, 2.45) is 0 Å². The highest BCUT2D eigenvalue weighted by molar-refractivity contribution is 5.94. The van der Waals surface area contributed by atoms with Crippen molar-refractivity contribution in [1.29, 1.82) is 0 Å². The maximum absolute atomic E-state index is 12.9. The number of aryl methyl sites for hydroxylation is 2. The molecule has 0 radical (unpaired) electrons. The molecule has 2 amide bonds. The Balaban J connectivity index is 1.62. The number of ether oxygens (including phenoxy) is 1. The van der Waals surface area contributed by atoms with Gasteiger partial charge in [-0.15, -0.1) is 0 Å². The molecule has 1 aliphatic rings. The van der Waals surface area contributed by atoms with Gasteiger partial charge in [-0.2, -0.15) is 0 Å². The number of carbonyl (C=O) groups is 2. The van der Waals surface area contributed by atoms with Crippen LogP contribution in [-0.4, -0.2) is 29.4 Å². The van der Waals surface area contributed by atoms with Gasteiger partial charge < -0.3 is 15.0 Å². The molecular weight excluding hydrogens is 424 g/mol. The fraction of sp³-hybridized carbons (Fsp3) is 0.310. The summed E-state index contributed by atoms with van der Waals surface area (Å²) >= 11 is 0. The number of amides is 2. The molecule has 0 fully saturated rings. The Morgan fingerprint density at radius 1 is 1.03 bits per heavy atom. The van der Waals surface area contributed by atoms with E-state index in [-0.39, 0.29) is 17.9 Å². The lowest BCUT2D eigenvalue weighted by Crippen LogP contribution is -2.39. The van der Waals surface area contributed by atoms with Crippen molar-refractivity contribution in [3.05, 3.63) is 94.5 Å². The normalized spacial score (nSPS) is 15.9. The van der Waals surface area contributed by atoms with Gasteiger partial charge in [0.1, 0.15) is 5.75 Å². The molecule has 4 rings (SSSR count). The topological polar surface area (TPSA) is 58.6 Å². The van der Waals surface area contributed by atoms with E-state index in [0.717, 1.165) is 34.4 Å². The number of benzene rings is 3. The summed E-state index contributed by atoms with van der Waals surface area (Å²) in [6, 6.07) is 21.8. The molecule has 1 N–H and O–H groups in total. The first-order chi connectivity index (χ1) is 16.4. The first-order valence-electron chi connectivity index (χ1n) is 11.9. The molecule has 3 aromatic rings. The second kappa shape index (κ2) is 10.1. The lowest BCUT2D eigenvalue weighted by Gasteiger charge is -2.37. The number of nitrogens with one attached hydrogen (secondary N) is 1. The third-order valence-corrected chi connectivity index (χ3v) is 6.34. The van der Waals surface area contributed by atoms with E-state index in [9.17, 15) is 9.59 Å². The van der Waals surface area contributed by atoms with Crippen molar-refractivity contribution in [1.82, 2.24) is 4.90 Å². The molecule has 0 saturated heterocycles. The van der Waals surface area contributed by atoms with E-state index in [1.54, 1.807) is 6.92 Å². The molecule has 34 heavy (non-hydrogen) atoms. The molecular formula is C29H32N2O3. The minimum Gasteiger partial charge on any atom is -0.481 e. The van der Waals surface area contributed by atoms with E-state index in [1.165, 1.54) is 5.56 Å². The van der Waals surface area contributed by atoms with E-state index in [4.69, 9.17) is 4.74 Å². The van der Waals surface area contributed by atoms with Crippen LogP contribution in [0.2, 0.25) is 0 Å². The average Bonchev–Trinajstić information content (AvgIpc) is 2.81. The van der Waals surface area contributed by atoms with Gasteiger partial charge >= 0.3 is 0 Å². The van der Waals surface area contributed by atoms with Crippen LogP contribution in [0.3, 0.4) is 0 Å². The van der Waals surface area contributed by atoms with Crippen LogP contribution in [0.1, 0.15) is 54.1 Å². The Morgan fingerprint density at radius 3 is 2.44 bits per heavy atom. The van der Waals surface area contributed by atoms with Crippen LogP contribution in [0.25, 0.3) is 0 Å². The van der Waals surface area contributed by atoms with Gasteiger partial charge in [-0.3, -0.25) is 9.59 Å². The van der Waals surface area contributed by atoms with Gasteiger partial charge in [0.2, 0.25) is 5.91 Å². The van der Waals surface area contributed by atoms with Gasteiger partial charge in [0.25, 0.3) is 5.91 Å². The van der Waals surface area contributed by atoms with Crippen LogP contribution >= 0.6 is 0 Å². The number of hydrogen-bond acceptors (Lipinski definition) is 3. The Bertz CT molecular complexity index is 1200. The van der Waals surface area contributed by atoms with Gasteiger partial charge in [-0.05, 0) is 73.2 Å². The fourth-order valence-electron chi connectivity index (χ4n) is 4.64. The summed E-state index contributed by atoms with van der Waals surface area (Å²) in [4.78, 5) is 27.4. The Hall–Kier alpha value is -3.60. The number of rotatable bonds is 6. The van der Waals surface area contributed by atoms with E-state index in [0.29, 0.717) is 18.7 Å².